The molecule has 1 fully saturated rings. The third kappa shape index (κ3) is 8.78. The maximum atomic E-state index is 11.5. The van der Waals surface area contributed by atoms with Crippen LogP contribution in [0.15, 0.2) is 22.4 Å². The lowest BCUT2D eigenvalue weighted by molar-refractivity contribution is -0.384. The first kappa shape index (κ1) is 33.1. The molecule has 0 saturated carbocycles. The summed E-state index contributed by atoms with van der Waals surface area (Å²) < 4.78 is 21.4. The van der Waals surface area contributed by atoms with E-state index in [-0.39, 0.29) is 10.0 Å². The van der Waals surface area contributed by atoms with E-state index in [1.807, 2.05) is 0 Å². The minimum absolute atomic E-state index is 0.0208. The van der Waals surface area contributed by atoms with Gasteiger partial charge in [-0.3, -0.25) is 4.79 Å². The lowest BCUT2D eigenvalue weighted by Gasteiger charge is -2.42. The highest BCUT2D eigenvalue weighted by atomic mass is 32.1. The van der Waals surface area contributed by atoms with Crippen molar-refractivity contribution in [3.8, 4) is 0 Å². The molecule has 20 nitrogen and oxygen atoms in total. The molecule has 5 N–H and O–H groups in total. The molecule has 0 spiro atoms. The second-order valence-electron chi connectivity index (χ2n) is 8.16. The van der Waals surface area contributed by atoms with E-state index in [1.165, 1.54) is 0 Å². The van der Waals surface area contributed by atoms with Crippen LogP contribution in [0.5, 0.6) is 0 Å². The van der Waals surface area contributed by atoms with Gasteiger partial charge in [0.15, 0.2) is 41.1 Å². The lowest BCUT2D eigenvalue weighted by atomic mass is 9.99. The van der Waals surface area contributed by atoms with Crippen LogP contribution < -0.4 is 0 Å². The van der Waals surface area contributed by atoms with Crippen LogP contribution in [-0.4, -0.2) is 126 Å². The van der Waals surface area contributed by atoms with Crippen molar-refractivity contribution in [2.45, 2.75) is 56.1 Å². The van der Waals surface area contributed by atoms with Crippen molar-refractivity contribution in [1.82, 2.24) is 9.97 Å². The van der Waals surface area contributed by atoms with Crippen LogP contribution in [-0.2, 0) is 23.7 Å². The molecule has 1 aliphatic heterocycles. The standard InChI is InChI=1S/C20H24N6O14S2/c1-8(29)37-17-15(31)11(7-28)40-18(16(17)32)39-9(2-21-12-3-23-19(41-12)25(33)34)10(6-27)38-14(30)5-22-13-4-24-20(42-13)26(35)36/h2-5,9-11,14-18,27-28,30-32H,6-7H2,1H3/t9-,10+,11-,14+,15+,16-,17+,18-/m1/s1. The van der Waals surface area contributed by atoms with Crippen LogP contribution in [0.1, 0.15) is 6.92 Å². The Morgan fingerprint density at radius 1 is 1.10 bits per heavy atom. The maximum absolute atomic E-state index is 11.5. The molecule has 0 aromatic carbocycles. The van der Waals surface area contributed by atoms with Crippen molar-refractivity contribution in [2.24, 2.45) is 9.98 Å². The minimum atomic E-state index is -1.84. The molecule has 2 aromatic heterocycles. The predicted molar refractivity (Wildman–Crippen MR) is 140 cm³/mol. The van der Waals surface area contributed by atoms with Crippen molar-refractivity contribution in [2.75, 3.05) is 13.2 Å². The number of aliphatic imine (C=N–C) groups is 2. The Morgan fingerprint density at radius 3 is 2.14 bits per heavy atom. The zero-order valence-electron chi connectivity index (χ0n) is 21.3. The number of aromatic nitrogens is 2. The first-order chi connectivity index (χ1) is 19.9. The van der Waals surface area contributed by atoms with E-state index in [4.69, 9.17) is 18.9 Å². The molecule has 0 radical (unpaired) electrons. The Labute approximate surface area is 242 Å². The summed E-state index contributed by atoms with van der Waals surface area (Å²) in [5.74, 6) is -0.870. The van der Waals surface area contributed by atoms with Crippen LogP contribution >= 0.6 is 22.7 Å². The molecule has 22 heteroatoms. The van der Waals surface area contributed by atoms with Crippen LogP contribution in [0.2, 0.25) is 0 Å². The van der Waals surface area contributed by atoms with Gasteiger partial charge in [-0.15, -0.1) is 0 Å². The number of carbonyl (C=O) groups excluding carboxylic acids is 1. The fraction of sp³-hybridized carbons (Fsp3) is 0.550. The second-order valence-corrected chi connectivity index (χ2v) is 10.1. The van der Waals surface area contributed by atoms with Crippen molar-refractivity contribution in [3.05, 3.63) is 32.6 Å². The fourth-order valence-corrected chi connectivity index (χ4v) is 4.57. The minimum Gasteiger partial charge on any atom is -0.457 e. The van der Waals surface area contributed by atoms with Gasteiger partial charge in [0.25, 0.3) is 0 Å². The van der Waals surface area contributed by atoms with Crippen LogP contribution in [0.25, 0.3) is 0 Å². The molecule has 2 aromatic rings. The lowest BCUT2D eigenvalue weighted by Crippen LogP contribution is -2.61. The number of carbonyl (C=O) groups is 1. The van der Waals surface area contributed by atoms with Crippen LogP contribution in [0, 0.1) is 20.2 Å². The molecule has 3 rings (SSSR count). The number of rotatable bonds is 14. The molecular weight excluding hydrogens is 612 g/mol. The average molecular weight is 637 g/mol. The van der Waals surface area contributed by atoms with E-state index in [1.54, 1.807) is 0 Å². The van der Waals surface area contributed by atoms with Gasteiger partial charge in [0.1, 0.15) is 30.5 Å². The number of esters is 1. The van der Waals surface area contributed by atoms with Crippen molar-refractivity contribution >= 4 is 61.3 Å². The van der Waals surface area contributed by atoms with E-state index >= 15 is 0 Å². The maximum Gasteiger partial charge on any atom is 0.425 e. The summed E-state index contributed by atoms with van der Waals surface area (Å²) in [5.41, 5.74) is 0. The number of hydrogen-bond acceptors (Lipinski definition) is 20. The molecule has 0 bridgehead atoms. The number of hydrogen-bond donors (Lipinski definition) is 5. The summed E-state index contributed by atoms with van der Waals surface area (Å²) in [6.07, 6.45) is -9.09. The molecule has 8 atom stereocenters. The van der Waals surface area contributed by atoms with E-state index < -0.39 is 88.5 Å². The molecule has 0 amide bonds. The highest BCUT2D eigenvalue weighted by Gasteiger charge is 2.48. The molecule has 1 aliphatic rings. The Hall–Kier alpha value is -3.45. The fourth-order valence-electron chi connectivity index (χ4n) is 3.39. The van der Waals surface area contributed by atoms with Gasteiger partial charge in [-0.05, 0) is 42.5 Å². The van der Waals surface area contributed by atoms with Gasteiger partial charge in [-0.2, -0.15) is 0 Å². The van der Waals surface area contributed by atoms with Gasteiger partial charge >= 0.3 is 16.2 Å². The van der Waals surface area contributed by atoms with Crippen LogP contribution in [0.3, 0.4) is 0 Å². The van der Waals surface area contributed by atoms with E-state index in [9.17, 15) is 50.6 Å². The highest BCUT2D eigenvalue weighted by molar-refractivity contribution is 7.18. The smallest absolute Gasteiger partial charge is 0.425 e. The third-order valence-corrected chi connectivity index (χ3v) is 6.94. The number of aliphatic hydroxyl groups is 5. The van der Waals surface area contributed by atoms with Gasteiger partial charge < -0.3 is 64.7 Å². The van der Waals surface area contributed by atoms with Gasteiger partial charge in [-0.1, -0.05) is 0 Å². The molecule has 0 unspecified atom stereocenters. The summed E-state index contributed by atoms with van der Waals surface area (Å²) in [5, 5.41) is 71.9. The summed E-state index contributed by atoms with van der Waals surface area (Å²) >= 11 is 1.20. The highest BCUT2D eigenvalue weighted by Crippen LogP contribution is 2.30. The largest absolute Gasteiger partial charge is 0.457 e. The number of nitro groups is 2. The summed E-state index contributed by atoms with van der Waals surface area (Å²) in [4.78, 5) is 46.7. The first-order valence-corrected chi connectivity index (χ1v) is 13.2. The summed E-state index contributed by atoms with van der Waals surface area (Å²) in [6.45, 7) is -0.621. The Morgan fingerprint density at radius 2 is 1.67 bits per heavy atom. The monoisotopic (exact) mass is 636 g/mol. The van der Waals surface area contributed by atoms with E-state index in [0.717, 1.165) is 31.7 Å². The van der Waals surface area contributed by atoms with Crippen molar-refractivity contribution in [1.29, 1.82) is 0 Å². The zero-order chi connectivity index (χ0) is 31.0. The molecule has 42 heavy (non-hydrogen) atoms. The summed E-state index contributed by atoms with van der Waals surface area (Å²) in [7, 11) is 0. The van der Waals surface area contributed by atoms with Gasteiger partial charge in [-0.25, -0.2) is 9.98 Å². The van der Waals surface area contributed by atoms with Crippen molar-refractivity contribution < 1.29 is 59.1 Å². The Balaban J connectivity index is 1.85. The zero-order valence-corrected chi connectivity index (χ0v) is 22.9. The number of nitrogens with zero attached hydrogens (tertiary/aromatic N) is 6. The Bertz CT molecular complexity index is 1290. The normalized spacial score (nSPS) is 25.0. The number of ether oxygens (including phenoxy) is 4. The molecule has 0 aliphatic carbocycles. The SMILES string of the molecule is CC(=O)O[C@H]1[C@@H](O)[C@@H](CO)O[C@@H](O[C@H](C=Nc2cnc([N+](=O)[O-])s2)[C@H](CO)O[C@H](O)C=Nc2cnc([N+](=O)[O-])s2)[C@@H]1O. The van der Waals surface area contributed by atoms with Gasteiger partial charge in [0.2, 0.25) is 0 Å². The molecule has 3 heterocycles. The third-order valence-electron chi connectivity index (χ3n) is 5.23. The van der Waals surface area contributed by atoms with E-state index in [2.05, 4.69) is 20.0 Å². The topological polar surface area (TPSA) is 292 Å². The summed E-state index contributed by atoms with van der Waals surface area (Å²) in [6, 6.07) is 0. The van der Waals surface area contributed by atoms with Gasteiger partial charge in [0, 0.05) is 13.1 Å². The van der Waals surface area contributed by atoms with Gasteiger partial charge in [0.05, 0.1) is 19.4 Å². The van der Waals surface area contributed by atoms with E-state index in [0.29, 0.717) is 22.7 Å². The number of thiazole rings is 2. The predicted octanol–water partition coefficient (Wildman–Crippen LogP) is -1.03. The quantitative estimate of drug-likeness (QED) is 0.0544. The molecular formula is C20H24N6O14S2. The van der Waals surface area contributed by atoms with Crippen molar-refractivity contribution in [3.63, 3.8) is 0 Å². The van der Waals surface area contributed by atoms with Crippen LogP contribution in [0.4, 0.5) is 20.3 Å². The Kier molecular flexibility index (Phi) is 11.9. The first-order valence-electron chi connectivity index (χ1n) is 11.6. The average Bonchev–Trinajstić information content (AvgIpc) is 3.62. The molecule has 1 saturated heterocycles. The second kappa shape index (κ2) is 15.1. The number of aliphatic hydroxyl groups excluding tert-OH is 5. The molecule has 230 valence electrons.